The maximum atomic E-state index is 13.0. The van der Waals surface area contributed by atoms with Crippen LogP contribution in [0, 0.1) is 19.8 Å². The minimum absolute atomic E-state index is 0.0181. The topological polar surface area (TPSA) is 66.4 Å². The molecule has 0 spiro atoms. The summed E-state index contributed by atoms with van der Waals surface area (Å²) in [5, 5.41) is 1.58. The summed E-state index contributed by atoms with van der Waals surface area (Å²) in [6.07, 6.45) is 3.41. The number of aryl methyl sites for hydroxylation is 2. The van der Waals surface area contributed by atoms with E-state index in [1.54, 1.807) is 34.5 Å². The number of piperidine rings is 1. The third kappa shape index (κ3) is 10.7. The second-order valence-corrected chi connectivity index (χ2v) is 15.3. The lowest BCUT2D eigenvalue weighted by molar-refractivity contribution is 0.0550. The third-order valence-corrected chi connectivity index (χ3v) is 12.4. The Bertz CT molecular complexity index is 1750. The Labute approximate surface area is 316 Å². The number of aromatic nitrogens is 2. The van der Waals surface area contributed by atoms with E-state index in [1.165, 1.54) is 6.42 Å². The van der Waals surface area contributed by atoms with E-state index in [2.05, 4.69) is 23.8 Å². The molecule has 1 aliphatic rings. The molecule has 2 unspecified atom stereocenters. The molecule has 1 fully saturated rings. The number of rotatable bonds is 11. The highest BCUT2D eigenvalue weighted by molar-refractivity contribution is 7.98. The Morgan fingerprint density at radius 2 is 1.26 bits per heavy atom. The minimum atomic E-state index is -0.0181. The first-order chi connectivity index (χ1) is 24.1. The fourth-order valence-electron chi connectivity index (χ4n) is 5.74. The van der Waals surface area contributed by atoms with E-state index in [0.29, 0.717) is 41.9 Å². The van der Waals surface area contributed by atoms with Crippen LogP contribution in [-0.2, 0) is 11.5 Å². The Morgan fingerprint density at radius 1 is 0.760 bits per heavy atom. The van der Waals surface area contributed by atoms with E-state index >= 15 is 0 Å². The lowest BCUT2D eigenvalue weighted by Crippen LogP contribution is -2.45. The number of benzene rings is 2. The van der Waals surface area contributed by atoms with E-state index in [-0.39, 0.29) is 17.9 Å². The quantitative estimate of drug-likeness (QED) is 0.142. The van der Waals surface area contributed by atoms with Crippen LogP contribution in [0.3, 0.4) is 0 Å². The lowest BCUT2D eigenvalue weighted by Gasteiger charge is -2.37. The van der Waals surface area contributed by atoms with Crippen molar-refractivity contribution in [3.8, 4) is 0 Å². The van der Waals surface area contributed by atoms with Gasteiger partial charge in [-0.2, -0.15) is 0 Å². The van der Waals surface area contributed by atoms with Gasteiger partial charge in [-0.25, -0.2) is 9.97 Å². The average molecular weight is 752 g/mol. The number of nitrogens with zero attached hydrogens (tertiary/aromatic N) is 4. The summed E-state index contributed by atoms with van der Waals surface area (Å²) >= 11 is 16.0. The van der Waals surface area contributed by atoms with Crippen molar-refractivity contribution in [3.63, 3.8) is 0 Å². The van der Waals surface area contributed by atoms with E-state index in [9.17, 15) is 9.59 Å². The van der Waals surface area contributed by atoms with Gasteiger partial charge in [0.05, 0.1) is 21.4 Å². The number of hydrogen-bond donors (Lipinski definition) is 0. The first-order valence-electron chi connectivity index (χ1n) is 17.3. The maximum Gasteiger partial charge on any atom is 0.272 e. The molecule has 1 aliphatic heterocycles. The number of thioether (sulfide) groups is 2. The lowest BCUT2D eigenvalue weighted by atomic mass is 9.91. The number of amides is 2. The Hall–Kier alpha value is -3.04. The summed E-state index contributed by atoms with van der Waals surface area (Å²) in [7, 11) is 0. The fourth-order valence-corrected chi connectivity index (χ4v) is 8.18. The monoisotopic (exact) mass is 750 g/mol. The molecule has 4 aromatic rings. The summed E-state index contributed by atoms with van der Waals surface area (Å²) in [4.78, 5) is 40.4. The molecule has 5 rings (SSSR count). The van der Waals surface area contributed by atoms with Gasteiger partial charge < -0.3 is 9.80 Å². The molecule has 2 atom stereocenters. The van der Waals surface area contributed by atoms with Gasteiger partial charge in [0.25, 0.3) is 11.8 Å². The molecular formula is C40H48Cl2N4O2S2. The largest absolute Gasteiger partial charge is 0.338 e. The highest BCUT2D eigenvalue weighted by Gasteiger charge is 2.29. The molecule has 2 aromatic heterocycles. The number of hydrogen-bond acceptors (Lipinski definition) is 6. The molecule has 1 saturated heterocycles. The van der Waals surface area contributed by atoms with Crippen molar-refractivity contribution in [1.82, 2.24) is 19.8 Å². The number of pyridine rings is 2. The Balaban J connectivity index is 0.000000228. The Morgan fingerprint density at radius 3 is 1.78 bits per heavy atom. The highest BCUT2D eigenvalue weighted by atomic mass is 35.5. The summed E-state index contributed by atoms with van der Waals surface area (Å²) in [6, 6.07) is 23.7. The van der Waals surface area contributed by atoms with Crippen molar-refractivity contribution in [2.24, 2.45) is 5.92 Å². The van der Waals surface area contributed by atoms with Crippen molar-refractivity contribution < 1.29 is 9.59 Å². The molecule has 2 aromatic carbocycles. The fraction of sp³-hybridized carbons (Fsp3) is 0.400. The maximum absolute atomic E-state index is 13.0. The predicted molar refractivity (Wildman–Crippen MR) is 211 cm³/mol. The van der Waals surface area contributed by atoms with Crippen molar-refractivity contribution in [3.05, 3.63) is 117 Å². The molecule has 0 N–H and O–H groups in total. The van der Waals surface area contributed by atoms with Crippen LogP contribution in [0.4, 0.5) is 0 Å². The van der Waals surface area contributed by atoms with E-state index < -0.39 is 0 Å². The zero-order valence-electron chi connectivity index (χ0n) is 29.9. The van der Waals surface area contributed by atoms with Crippen molar-refractivity contribution >= 4 is 58.5 Å². The second-order valence-electron chi connectivity index (χ2n) is 12.5. The zero-order valence-corrected chi connectivity index (χ0v) is 33.1. The van der Waals surface area contributed by atoms with Crippen LogP contribution in [0.25, 0.3) is 0 Å². The van der Waals surface area contributed by atoms with Gasteiger partial charge in [0.15, 0.2) is 0 Å². The van der Waals surface area contributed by atoms with Crippen LogP contribution in [0.1, 0.15) is 90.4 Å². The van der Waals surface area contributed by atoms with Crippen LogP contribution < -0.4 is 0 Å². The number of likely N-dealkylation sites (tertiary alicyclic amines) is 1. The molecule has 0 aliphatic carbocycles. The summed E-state index contributed by atoms with van der Waals surface area (Å²) < 4.78 is 0. The SMILES string of the molecule is CCC1CCC(C)N(C(=O)c2cccc(CSc3cccc(C)c3Cl)n2)C1.CCN(CC)C(=O)c1cccc(CSc2cccc(C)c2Cl)n1. The summed E-state index contributed by atoms with van der Waals surface area (Å²) in [6.45, 7) is 14.5. The van der Waals surface area contributed by atoms with Gasteiger partial charge in [-0.3, -0.25) is 9.59 Å². The van der Waals surface area contributed by atoms with E-state index in [4.69, 9.17) is 23.2 Å². The second kappa shape index (κ2) is 19.5. The van der Waals surface area contributed by atoms with Crippen LogP contribution in [0.15, 0.2) is 82.6 Å². The first kappa shape index (κ1) is 39.7. The van der Waals surface area contributed by atoms with Crippen molar-refractivity contribution in [2.75, 3.05) is 19.6 Å². The number of carbonyl (C=O) groups is 2. The van der Waals surface area contributed by atoms with Gasteiger partial charge in [0.2, 0.25) is 0 Å². The molecule has 0 bridgehead atoms. The molecule has 2 amide bonds. The van der Waals surface area contributed by atoms with E-state index in [1.807, 2.05) is 99.3 Å². The molecule has 3 heterocycles. The zero-order chi connectivity index (χ0) is 36.2. The van der Waals surface area contributed by atoms with Gasteiger partial charge in [-0.1, -0.05) is 72.9 Å². The van der Waals surface area contributed by atoms with Crippen LogP contribution in [0.5, 0.6) is 0 Å². The van der Waals surface area contributed by atoms with Crippen LogP contribution in [0.2, 0.25) is 10.0 Å². The van der Waals surface area contributed by atoms with Gasteiger partial charge in [0, 0.05) is 47.0 Å². The predicted octanol–water partition coefficient (Wildman–Crippen LogP) is 10.8. The minimum Gasteiger partial charge on any atom is -0.338 e. The normalized spacial score (nSPS) is 15.6. The Kier molecular flexibility index (Phi) is 15.5. The summed E-state index contributed by atoms with van der Waals surface area (Å²) in [5.74, 6) is 2.02. The van der Waals surface area contributed by atoms with Crippen LogP contribution >= 0.6 is 46.7 Å². The molecule has 6 nitrogen and oxygen atoms in total. The highest BCUT2D eigenvalue weighted by Crippen LogP contribution is 2.33. The molecule has 266 valence electrons. The summed E-state index contributed by atoms with van der Waals surface area (Å²) in [5.41, 5.74) is 4.97. The molecule has 10 heteroatoms. The average Bonchev–Trinajstić information content (AvgIpc) is 3.13. The number of carbonyl (C=O) groups excluding carboxylic acids is 2. The molecule has 50 heavy (non-hydrogen) atoms. The van der Waals surface area contributed by atoms with Crippen LogP contribution in [-0.4, -0.2) is 57.3 Å². The smallest absolute Gasteiger partial charge is 0.272 e. The van der Waals surface area contributed by atoms with Gasteiger partial charge in [-0.15, -0.1) is 23.5 Å². The van der Waals surface area contributed by atoms with Gasteiger partial charge in [0.1, 0.15) is 11.4 Å². The van der Waals surface area contributed by atoms with Gasteiger partial charge >= 0.3 is 0 Å². The standard InChI is InChI=1S/C22H27ClN2OS.C18H21ClN2OS/c1-4-17-12-11-16(3)25(13-17)22(26)19-9-6-8-18(24-19)14-27-20-10-5-7-15(2)21(20)23;1-4-21(5-2)18(22)15-10-7-9-14(20-15)12-23-16-11-6-8-13(3)17(16)19/h5-10,16-17H,4,11-14H2,1-3H3;6-11H,4-5,12H2,1-3H3. The third-order valence-electron chi connectivity index (χ3n) is 8.98. The van der Waals surface area contributed by atoms with Crippen molar-refractivity contribution in [1.29, 1.82) is 0 Å². The molecule has 0 radical (unpaired) electrons. The molecule has 0 saturated carbocycles. The van der Waals surface area contributed by atoms with Gasteiger partial charge in [-0.05, 0) is 101 Å². The number of halogens is 2. The molecular weight excluding hydrogens is 704 g/mol. The van der Waals surface area contributed by atoms with E-state index in [0.717, 1.165) is 61.7 Å². The van der Waals surface area contributed by atoms with Crippen molar-refractivity contribution in [2.45, 2.75) is 88.1 Å². The first-order valence-corrected chi connectivity index (χ1v) is 20.1.